The van der Waals surface area contributed by atoms with E-state index in [1.54, 1.807) is 16.7 Å². The van der Waals surface area contributed by atoms with Crippen molar-refractivity contribution in [2.45, 2.75) is 113 Å². The fraction of sp³-hybridized carbons (Fsp3) is 0.551. The third-order valence-electron chi connectivity index (χ3n) is 14.6. The van der Waals surface area contributed by atoms with E-state index >= 15 is 0 Å². The Labute approximate surface area is 514 Å². The monoisotopic (exact) mass is 1410 g/mol. The number of hydrogen-bond acceptors (Lipinski definition) is 20. The van der Waals surface area contributed by atoms with Gasteiger partial charge in [0.25, 0.3) is 43.4 Å². The van der Waals surface area contributed by atoms with Crippen molar-refractivity contribution in [2.24, 2.45) is 0 Å². The third kappa shape index (κ3) is 22.1. The van der Waals surface area contributed by atoms with Crippen LogP contribution in [0.4, 0.5) is 11.4 Å². The zero-order valence-electron chi connectivity index (χ0n) is 48.5. The average Bonchev–Trinajstić information content (AvgIpc) is 1.72. The number of aryl methyl sites for hydroxylation is 1. The van der Waals surface area contributed by atoms with Crippen molar-refractivity contribution in [1.82, 2.24) is 20.0 Å². The molecule has 1 saturated heterocycles. The Morgan fingerprint density at radius 1 is 0.854 bits per heavy atom. The zero-order chi connectivity index (χ0) is 66.9. The maximum Gasteiger partial charge on any atom is 0.425 e. The van der Waals surface area contributed by atoms with Crippen molar-refractivity contribution in [1.29, 1.82) is 0 Å². The lowest BCUT2D eigenvalue weighted by atomic mass is 9.77. The number of hydrogen-bond donors (Lipinski definition) is 11. The van der Waals surface area contributed by atoms with E-state index in [9.17, 15) is 96.2 Å². The molecule has 0 spiro atoms. The summed E-state index contributed by atoms with van der Waals surface area (Å²) in [4.78, 5) is 82.4. The van der Waals surface area contributed by atoms with E-state index in [1.807, 2.05) is 56.0 Å². The number of nitrogens with one attached hydrogen (secondary N) is 3. The number of anilines is 1. The largest absolute Gasteiger partial charge is 0.425 e. The topological polar surface area (TPSA) is 504 Å². The number of benzene rings is 2. The van der Waals surface area contributed by atoms with Crippen LogP contribution in [0.25, 0.3) is 0 Å². The van der Waals surface area contributed by atoms with Gasteiger partial charge in [-0.05, 0) is 76.8 Å². The normalized spacial score (nSPS) is 22.4. The van der Waals surface area contributed by atoms with Crippen molar-refractivity contribution >= 4 is 93.8 Å². The number of unbranched alkanes of at least 4 members (excludes halogenated alkanes) is 2. The van der Waals surface area contributed by atoms with Crippen molar-refractivity contribution in [3.05, 3.63) is 110 Å². The van der Waals surface area contributed by atoms with Gasteiger partial charge in [0.2, 0.25) is 26.3 Å². The fourth-order valence-electron chi connectivity index (χ4n) is 10.7. The van der Waals surface area contributed by atoms with Gasteiger partial charge in [-0.1, -0.05) is 37.1 Å². The van der Waals surface area contributed by atoms with Crippen LogP contribution in [0.5, 0.6) is 0 Å². The molecule has 40 heteroatoms. The Kier molecular flexibility index (Phi) is 25.4. The Hall–Kier alpha value is -4.51. The van der Waals surface area contributed by atoms with Crippen LogP contribution in [0.1, 0.15) is 95.1 Å². The van der Waals surface area contributed by atoms with Crippen LogP contribution >= 0.6 is 29.9 Å². The molecule has 6 rings (SSSR count). The summed E-state index contributed by atoms with van der Waals surface area (Å²) in [5.41, 5.74) is 1.17. The van der Waals surface area contributed by atoms with Gasteiger partial charge >= 0.3 is 23.9 Å². The minimum absolute atomic E-state index is 0.00269. The number of fused-ring (bicyclic) bond motifs is 2. The first-order valence-electron chi connectivity index (χ1n) is 27.1. The summed E-state index contributed by atoms with van der Waals surface area (Å²) >= 11 is 0. The molecule has 2 aromatic carbocycles. The number of allylic oxidation sites excluding steroid dienone is 4. The first-order chi connectivity index (χ1) is 40.9. The van der Waals surface area contributed by atoms with E-state index in [0.29, 0.717) is 42.6 Å². The first-order valence-corrected chi connectivity index (χ1v) is 40.5. The summed E-state index contributed by atoms with van der Waals surface area (Å²) < 4.78 is 191. The van der Waals surface area contributed by atoms with Crippen LogP contribution in [0.2, 0.25) is 0 Å². The highest BCUT2D eigenvalue weighted by atomic mass is 32.2. The molecule has 0 aliphatic carbocycles. The smallest absolute Gasteiger partial charge is 0.390 e. The number of aromatic amines is 1. The number of ether oxygens (including phenoxy) is 1. The molecular weight excluding hydrogens is 1340 g/mol. The van der Waals surface area contributed by atoms with Crippen LogP contribution in [0, 0.1) is 6.92 Å². The predicted molar refractivity (Wildman–Crippen MR) is 324 cm³/mol. The number of H-pyrrole nitrogens is 1. The van der Waals surface area contributed by atoms with Gasteiger partial charge in [0.05, 0.1) is 34.5 Å². The molecule has 3 aromatic rings. The number of aliphatic hydroxyl groups excluding tert-OH is 1. The molecule has 32 nitrogen and oxygen atoms in total. The van der Waals surface area contributed by atoms with Crippen LogP contribution in [0.15, 0.2) is 87.1 Å². The number of nitrogens with zero attached hydrogens (tertiary/aromatic N) is 3. The van der Waals surface area contributed by atoms with Gasteiger partial charge < -0.3 is 44.2 Å². The maximum absolute atomic E-state index is 13.0. The molecule has 4 heterocycles. The number of amides is 1. The highest BCUT2D eigenvalue weighted by Gasteiger charge is 2.47. The lowest BCUT2D eigenvalue weighted by Crippen LogP contribution is -2.33. The van der Waals surface area contributed by atoms with Gasteiger partial charge in [-0.2, -0.15) is 29.8 Å². The Balaban J connectivity index is 0.00000349. The molecule has 1 fully saturated rings. The number of aliphatic hydroxyl groups is 1. The molecule has 3 aliphatic rings. The minimum atomic E-state index is -5.05. The van der Waals surface area contributed by atoms with Gasteiger partial charge in [-0.15, -0.1) is 12.6 Å². The van der Waals surface area contributed by atoms with Crippen LogP contribution in [0.3, 0.4) is 0 Å². The quantitative estimate of drug-likeness (QED) is 0.0191. The summed E-state index contributed by atoms with van der Waals surface area (Å²) in [6, 6.07) is 11.6. The molecule has 0 radical (unpaired) electrons. The second-order valence-electron chi connectivity index (χ2n) is 22.2. The van der Waals surface area contributed by atoms with Crippen molar-refractivity contribution in [2.75, 3.05) is 66.9 Å². The molecular formula is C49H73N6O26P4S4+. The number of aromatic nitrogens is 2. The fourth-order valence-corrected chi connectivity index (χ4v) is 23.5. The van der Waals surface area contributed by atoms with Gasteiger partial charge in [-0.3, -0.25) is 51.1 Å². The lowest BCUT2D eigenvalue weighted by Gasteiger charge is -2.30. The van der Waals surface area contributed by atoms with Crippen molar-refractivity contribution < 1.29 is 113 Å². The Bertz CT molecular complexity index is 4040. The third-order valence-corrected chi connectivity index (χ3v) is 28.4. The lowest BCUT2D eigenvalue weighted by molar-refractivity contribution is -0.437. The SMILES string of the molecule is Cc1cn([C@H]2CC(O)[C@@H](COP(=O)(O)CP(=O)(O)CP(=O)(O)CP(=O)(O)NCCNC(=O)CCCCCC3(C)/C(=C\C=C\C4=[N+](CCCS(=O)(=O)O)c5ccc(S(=O)(=O)O)cc5C4(C)C)N(CCCS(=O)(=O)O)c4ccccc43)O2)c(=O)[nH]c1=O.O=S(=O)=O. The molecule has 11 N–H and O–H groups in total. The highest BCUT2D eigenvalue weighted by molar-refractivity contribution is 7.86. The minimum Gasteiger partial charge on any atom is -0.390 e. The van der Waals surface area contributed by atoms with Gasteiger partial charge in [0, 0.05) is 85.2 Å². The number of carbonyl (C=O) groups is 1. The molecule has 0 bridgehead atoms. The second-order valence-corrected chi connectivity index (χ2v) is 37.2. The van der Waals surface area contributed by atoms with Gasteiger partial charge in [0.1, 0.15) is 36.6 Å². The Morgan fingerprint density at radius 3 is 2.12 bits per heavy atom. The standard InChI is InChI=1S/C49H72N6O23P4S3.O3S/c1-34-29-55(47(59)52-46(34)58)45-28-40(56)41(78-45)30-77-82(66,67)33-80(62,63)31-79(60,61)32-81(64,65)51-22-21-50-44(57)17-6-5-9-20-49(4)36-13-7-8-14-38(36)54(24-12-26-84(71,72)73)43(49)16-10-15-42-48(2,3)37-27-35(85(74,75)76)18-19-39(37)53(42)23-11-25-83(68,69)70;1-4(2)3/h7-8,10,13-16,18-19,27,29,40-41,45,56H,5-6,9,11-12,17,20-26,28,30-33H2,1-4H3,(H9-,50,51,52,57,58,59,60,61,62,63,64,65,66,67,68,69,70,71,72,73,74,75,76);/p+1/t40?,41-,45-,49?;/m1./s1. The molecule has 1 amide bonds. The molecule has 8 atom stereocenters. The van der Waals surface area contributed by atoms with E-state index in [2.05, 4.69) is 15.4 Å². The second kappa shape index (κ2) is 30.1. The maximum atomic E-state index is 13.0. The zero-order valence-corrected chi connectivity index (χ0v) is 55.3. The summed E-state index contributed by atoms with van der Waals surface area (Å²) in [6.45, 7) is 5.94. The van der Waals surface area contributed by atoms with Crippen LogP contribution < -0.4 is 26.6 Å². The molecule has 89 heavy (non-hydrogen) atoms. The van der Waals surface area contributed by atoms with E-state index in [-0.39, 0.29) is 62.3 Å². The summed E-state index contributed by atoms with van der Waals surface area (Å²) in [6.07, 6.45) is 4.70. The molecule has 498 valence electrons. The summed E-state index contributed by atoms with van der Waals surface area (Å²) in [5, 5.41) is 15.2. The number of carbonyl (C=O) groups excluding carboxylic acids is 1. The van der Waals surface area contributed by atoms with Crippen LogP contribution in [-0.4, -0.2) is 176 Å². The molecule has 3 aliphatic heterocycles. The highest BCUT2D eigenvalue weighted by Crippen LogP contribution is 2.67. The molecule has 6 unspecified atom stereocenters. The van der Waals surface area contributed by atoms with E-state index in [4.69, 9.17) is 21.9 Å². The average molecular weight is 1410 g/mol. The Morgan fingerprint density at radius 2 is 1.48 bits per heavy atom. The van der Waals surface area contributed by atoms with E-state index in [0.717, 1.165) is 21.5 Å². The molecule has 0 saturated carbocycles. The van der Waals surface area contributed by atoms with Crippen molar-refractivity contribution in [3.8, 4) is 0 Å². The first kappa shape index (κ1) is 75.2. The van der Waals surface area contributed by atoms with Gasteiger partial charge in [-0.25, -0.2) is 9.88 Å². The number of para-hydroxylation sites is 1. The molecule has 1 aromatic heterocycles. The van der Waals surface area contributed by atoms with Crippen LogP contribution in [-0.2, 0) is 84.1 Å². The van der Waals surface area contributed by atoms with E-state index in [1.165, 1.54) is 31.3 Å². The van der Waals surface area contributed by atoms with E-state index < -0.39 is 153 Å². The summed E-state index contributed by atoms with van der Waals surface area (Å²) in [5.74, 6) is -6.02. The van der Waals surface area contributed by atoms with Gasteiger partial charge in [0.15, 0.2) is 5.71 Å². The predicted octanol–water partition coefficient (Wildman–Crippen LogP) is 3.04. The summed E-state index contributed by atoms with van der Waals surface area (Å²) in [7, 11) is -36.2. The van der Waals surface area contributed by atoms with Crippen molar-refractivity contribution in [3.63, 3.8) is 0 Å². The number of rotatable bonds is 31.